The summed E-state index contributed by atoms with van der Waals surface area (Å²) in [5, 5.41) is 9.23. The molecule has 0 bridgehead atoms. The van der Waals surface area contributed by atoms with Crippen molar-refractivity contribution in [2.45, 2.75) is 37.3 Å². The van der Waals surface area contributed by atoms with E-state index in [1.165, 1.54) is 16.7 Å². The molecule has 0 aromatic heterocycles. The molecule has 2 heteroatoms. The minimum absolute atomic E-state index is 0.361. The number of hydrogen-bond donors (Lipinski definition) is 0. The summed E-state index contributed by atoms with van der Waals surface area (Å²) < 4.78 is 0. The molecule has 2 aromatic rings. The van der Waals surface area contributed by atoms with Gasteiger partial charge in [-0.25, -0.2) is 0 Å². The van der Waals surface area contributed by atoms with Gasteiger partial charge < -0.3 is 0 Å². The molecule has 3 rings (SSSR count). The Morgan fingerprint density at radius 3 is 2.50 bits per heavy atom. The van der Waals surface area contributed by atoms with Crippen molar-refractivity contribution in [2.24, 2.45) is 0 Å². The Labute approximate surface area is 125 Å². The lowest BCUT2D eigenvalue weighted by Crippen LogP contribution is -1.99. The summed E-state index contributed by atoms with van der Waals surface area (Å²) in [6.07, 6.45) is 0. The molecule has 0 aliphatic carbocycles. The highest BCUT2D eigenvalue weighted by atomic mass is 32.2. The van der Waals surface area contributed by atoms with E-state index >= 15 is 0 Å². The number of rotatable bonds is 0. The number of nitrogens with zero attached hydrogens (tertiary/aromatic N) is 1. The average molecular weight is 281 g/mol. The van der Waals surface area contributed by atoms with E-state index < -0.39 is 0 Å². The molecule has 1 heterocycles. The van der Waals surface area contributed by atoms with Crippen molar-refractivity contribution >= 4 is 11.8 Å². The quantitative estimate of drug-likeness (QED) is 0.650. The third-order valence-corrected chi connectivity index (χ3v) is 4.73. The maximum Gasteiger partial charge on any atom is 0.100 e. The van der Waals surface area contributed by atoms with E-state index in [1.54, 1.807) is 11.8 Å². The van der Waals surface area contributed by atoms with Gasteiger partial charge in [0, 0.05) is 16.6 Å². The van der Waals surface area contributed by atoms with E-state index in [1.807, 2.05) is 26.0 Å². The van der Waals surface area contributed by atoms with Crippen LogP contribution in [0.15, 0.2) is 47.4 Å². The summed E-state index contributed by atoms with van der Waals surface area (Å²) >= 11 is 1.78. The van der Waals surface area contributed by atoms with Gasteiger partial charge in [0.15, 0.2) is 0 Å². The average Bonchev–Trinajstić information content (AvgIpc) is 2.67. The van der Waals surface area contributed by atoms with E-state index in [0.29, 0.717) is 5.92 Å². The molecule has 1 aliphatic rings. The molecule has 102 valence electrons. The molecule has 0 saturated heterocycles. The van der Waals surface area contributed by atoms with Gasteiger partial charge in [-0.3, -0.25) is 0 Å². The topological polar surface area (TPSA) is 23.8 Å². The van der Waals surface area contributed by atoms with E-state index in [4.69, 9.17) is 0 Å². The number of thioether (sulfide) groups is 1. The van der Waals surface area contributed by atoms with Gasteiger partial charge in [0.1, 0.15) is 6.07 Å². The van der Waals surface area contributed by atoms with Crippen LogP contribution in [-0.2, 0) is 5.75 Å². The zero-order valence-corrected chi connectivity index (χ0v) is 13.0. The van der Waals surface area contributed by atoms with Crippen molar-refractivity contribution in [1.29, 1.82) is 5.26 Å². The first-order valence-corrected chi connectivity index (χ1v) is 8.03. The first-order chi connectivity index (χ1) is 9.81. The highest BCUT2D eigenvalue weighted by molar-refractivity contribution is 7.98. The van der Waals surface area contributed by atoms with Crippen LogP contribution in [0, 0.1) is 11.3 Å². The lowest BCUT2D eigenvalue weighted by atomic mass is 9.89. The SMILES string of the molecule is CC.CC1c2ccccc2CSc2c(C#N)cccc21. The van der Waals surface area contributed by atoms with E-state index in [-0.39, 0.29) is 0 Å². The molecule has 0 saturated carbocycles. The smallest absolute Gasteiger partial charge is 0.100 e. The van der Waals surface area contributed by atoms with Crippen molar-refractivity contribution in [3.63, 3.8) is 0 Å². The van der Waals surface area contributed by atoms with Gasteiger partial charge in [-0.2, -0.15) is 5.26 Å². The second kappa shape index (κ2) is 6.63. The zero-order valence-electron chi connectivity index (χ0n) is 12.2. The van der Waals surface area contributed by atoms with Crippen molar-refractivity contribution < 1.29 is 0 Å². The van der Waals surface area contributed by atoms with Crippen LogP contribution in [0.5, 0.6) is 0 Å². The van der Waals surface area contributed by atoms with Crippen LogP contribution in [0.25, 0.3) is 0 Å². The number of benzene rings is 2. The molecule has 1 unspecified atom stereocenters. The van der Waals surface area contributed by atoms with E-state index in [0.717, 1.165) is 16.2 Å². The van der Waals surface area contributed by atoms with Crippen molar-refractivity contribution in [3.05, 3.63) is 64.7 Å². The third kappa shape index (κ3) is 2.59. The predicted molar refractivity (Wildman–Crippen MR) is 86.0 cm³/mol. The number of hydrogen-bond acceptors (Lipinski definition) is 2. The molecule has 0 N–H and O–H groups in total. The molecule has 2 aromatic carbocycles. The summed E-state index contributed by atoms with van der Waals surface area (Å²) in [5.41, 5.74) is 4.86. The Balaban J connectivity index is 0.000000704. The fourth-order valence-electron chi connectivity index (χ4n) is 2.55. The molecule has 0 fully saturated rings. The highest BCUT2D eigenvalue weighted by Crippen LogP contribution is 2.41. The third-order valence-electron chi connectivity index (χ3n) is 3.53. The van der Waals surface area contributed by atoms with E-state index in [9.17, 15) is 5.26 Å². The first kappa shape index (κ1) is 14.7. The minimum Gasteiger partial charge on any atom is -0.192 e. The Hall–Kier alpha value is -1.72. The van der Waals surface area contributed by atoms with Crippen molar-refractivity contribution in [1.82, 2.24) is 0 Å². The van der Waals surface area contributed by atoms with Crippen LogP contribution < -0.4 is 0 Å². The summed E-state index contributed by atoms with van der Waals surface area (Å²) in [6, 6.07) is 16.9. The van der Waals surface area contributed by atoms with Crippen LogP contribution in [0.4, 0.5) is 0 Å². The fraction of sp³-hybridized carbons (Fsp3) is 0.278. The van der Waals surface area contributed by atoms with Crippen LogP contribution >= 0.6 is 11.8 Å². The molecule has 1 nitrogen and oxygen atoms in total. The van der Waals surface area contributed by atoms with Crippen LogP contribution in [0.1, 0.15) is 48.9 Å². The maximum atomic E-state index is 9.23. The summed E-state index contributed by atoms with van der Waals surface area (Å²) in [7, 11) is 0. The lowest BCUT2D eigenvalue weighted by Gasteiger charge is -2.15. The molecule has 0 amide bonds. The Morgan fingerprint density at radius 1 is 1.05 bits per heavy atom. The van der Waals surface area contributed by atoms with Crippen LogP contribution in [0.3, 0.4) is 0 Å². The van der Waals surface area contributed by atoms with Gasteiger partial charge in [-0.1, -0.05) is 57.2 Å². The normalized spacial score (nSPS) is 15.8. The molecular formula is C18H19NS. The molecule has 20 heavy (non-hydrogen) atoms. The summed E-state index contributed by atoms with van der Waals surface area (Å²) in [4.78, 5) is 1.16. The second-order valence-electron chi connectivity index (χ2n) is 4.54. The standard InChI is InChI=1S/C16H13NS.C2H6/c1-11-14-7-3-2-5-13(14)10-18-16-12(9-17)6-4-8-15(11)16;1-2/h2-8,11H,10H2,1H3;1-2H3. The van der Waals surface area contributed by atoms with Crippen molar-refractivity contribution in [2.75, 3.05) is 0 Å². The summed E-state index contributed by atoms with van der Waals surface area (Å²) in [5.74, 6) is 1.31. The van der Waals surface area contributed by atoms with Crippen LogP contribution in [0.2, 0.25) is 0 Å². The first-order valence-electron chi connectivity index (χ1n) is 7.05. The van der Waals surface area contributed by atoms with Gasteiger partial charge in [0.2, 0.25) is 0 Å². The largest absolute Gasteiger partial charge is 0.192 e. The van der Waals surface area contributed by atoms with E-state index in [2.05, 4.69) is 43.3 Å². The molecule has 1 aliphatic heterocycles. The van der Waals surface area contributed by atoms with Crippen LogP contribution in [-0.4, -0.2) is 0 Å². The predicted octanol–water partition coefficient (Wildman–Crippen LogP) is 5.34. The lowest BCUT2D eigenvalue weighted by molar-refractivity contribution is 0.888. The molecule has 0 radical (unpaired) electrons. The van der Waals surface area contributed by atoms with Gasteiger partial charge in [0.05, 0.1) is 5.56 Å². The second-order valence-corrected chi connectivity index (χ2v) is 5.53. The fourth-order valence-corrected chi connectivity index (χ4v) is 3.79. The van der Waals surface area contributed by atoms with Gasteiger partial charge in [-0.05, 0) is 22.8 Å². The summed E-state index contributed by atoms with van der Waals surface area (Å²) in [6.45, 7) is 6.23. The monoisotopic (exact) mass is 281 g/mol. The maximum absolute atomic E-state index is 9.23. The Kier molecular flexibility index (Phi) is 4.87. The molecular weight excluding hydrogens is 262 g/mol. The zero-order chi connectivity index (χ0) is 14.5. The van der Waals surface area contributed by atoms with Gasteiger partial charge in [-0.15, -0.1) is 11.8 Å². The van der Waals surface area contributed by atoms with Crippen molar-refractivity contribution in [3.8, 4) is 6.07 Å². The number of fused-ring (bicyclic) bond motifs is 2. The Bertz CT molecular complexity index is 640. The minimum atomic E-state index is 0.361. The molecule has 1 atom stereocenters. The highest BCUT2D eigenvalue weighted by Gasteiger charge is 2.21. The Morgan fingerprint density at radius 2 is 1.75 bits per heavy atom. The molecule has 0 spiro atoms. The van der Waals surface area contributed by atoms with Gasteiger partial charge in [0.25, 0.3) is 0 Å². The number of nitriles is 1. The van der Waals surface area contributed by atoms with Gasteiger partial charge >= 0.3 is 0 Å².